The molecule has 1 fully saturated rings. The standard InChI is InChI=1S/C50H81N3O16P2/c1-3-5-6-7-8-9-10-11-12-15-18-21-24-27-30-34-45(55)64-38-42(67-46(56)35-31-28-25-22-19-16-13-14-17-20-23-26-29-33-41(54)32-4-2)39-65-70(60,61)69-71(62,63)66-40-43-47(57)48(58)49(68-43)53-37-36-44(51)52-50(53)59/h9-13,16-17,20,22,25-26,29,36-37,41-43,47-49,54,57-58H,3-8,14-15,18-19,21,23-24,27-28,30-35,38-40H2,1-2H3,(H,60,61)(H,62,63)(H2,51,52,59)/b10-9-,12-11-,16-13-,20-17-,25-22-,29-26-/t41?,42-,43-,47-,48-,49-/m1/s1. The van der Waals surface area contributed by atoms with Gasteiger partial charge >= 0.3 is 33.3 Å². The molecule has 0 amide bonds. The van der Waals surface area contributed by atoms with E-state index in [-0.39, 0.29) is 24.8 Å². The third kappa shape index (κ3) is 30.7. The third-order valence-electron chi connectivity index (χ3n) is 10.8. The number of nitrogens with two attached hydrogens (primary N) is 1. The highest BCUT2D eigenvalue weighted by atomic mass is 31.3. The van der Waals surface area contributed by atoms with Crippen LogP contribution in [0.25, 0.3) is 0 Å². The van der Waals surface area contributed by atoms with Crippen molar-refractivity contribution in [1.82, 2.24) is 9.55 Å². The molecule has 7 N–H and O–H groups in total. The first-order chi connectivity index (χ1) is 34.1. The summed E-state index contributed by atoms with van der Waals surface area (Å²) in [5.41, 5.74) is 4.57. The molecule has 0 saturated carbocycles. The number of carbonyl (C=O) groups is 2. The second-order valence-electron chi connectivity index (χ2n) is 17.2. The van der Waals surface area contributed by atoms with E-state index in [1.807, 2.05) is 43.4 Å². The zero-order valence-electron chi connectivity index (χ0n) is 41.6. The molecule has 2 heterocycles. The number of hydrogen-bond donors (Lipinski definition) is 6. The van der Waals surface area contributed by atoms with Crippen molar-refractivity contribution in [3.05, 3.63) is 95.7 Å². The van der Waals surface area contributed by atoms with Crippen molar-refractivity contribution in [2.75, 3.05) is 25.6 Å². The molecule has 1 aromatic heterocycles. The van der Waals surface area contributed by atoms with Gasteiger partial charge in [0, 0.05) is 19.0 Å². The van der Waals surface area contributed by atoms with Gasteiger partial charge in [0.1, 0.15) is 30.7 Å². The van der Waals surface area contributed by atoms with Crippen molar-refractivity contribution in [3.63, 3.8) is 0 Å². The maximum atomic E-state index is 12.8. The van der Waals surface area contributed by atoms with Crippen LogP contribution in [0.15, 0.2) is 90.0 Å². The Kier molecular flexibility index (Phi) is 33.7. The van der Waals surface area contributed by atoms with Gasteiger partial charge in [0.15, 0.2) is 12.3 Å². The van der Waals surface area contributed by atoms with Crippen LogP contribution in [0.1, 0.15) is 155 Å². The van der Waals surface area contributed by atoms with Crippen LogP contribution in [-0.2, 0) is 46.3 Å². The van der Waals surface area contributed by atoms with Crippen LogP contribution in [0.2, 0.25) is 0 Å². The largest absolute Gasteiger partial charge is 0.481 e. The first kappa shape index (κ1) is 63.3. The van der Waals surface area contributed by atoms with E-state index < -0.39 is 83.7 Å². The number of aliphatic hydroxyl groups excluding tert-OH is 3. The van der Waals surface area contributed by atoms with Crippen molar-refractivity contribution in [2.24, 2.45) is 0 Å². The lowest BCUT2D eigenvalue weighted by Gasteiger charge is -2.21. The number of carbonyl (C=O) groups excluding carboxylic acids is 2. The Morgan fingerprint density at radius 2 is 1.32 bits per heavy atom. The molecular formula is C50H81N3O16P2. The predicted molar refractivity (Wildman–Crippen MR) is 271 cm³/mol. The summed E-state index contributed by atoms with van der Waals surface area (Å²) in [6, 6.07) is 1.24. The van der Waals surface area contributed by atoms with E-state index in [2.05, 4.69) is 52.7 Å². The molecule has 2 rings (SSSR count). The summed E-state index contributed by atoms with van der Waals surface area (Å²) in [4.78, 5) is 61.8. The molecule has 1 aliphatic rings. The zero-order chi connectivity index (χ0) is 52.2. The van der Waals surface area contributed by atoms with Crippen molar-refractivity contribution >= 4 is 33.4 Å². The number of esters is 2. The SMILES string of the molecule is CCCCCC/C=C\C=C/CCCCCCCC(=O)OC[C@H](COP(=O)(O)OP(=O)(O)OC[C@H]1O[C@@H](n2ccc(N)nc2=O)[C@H](O)[C@@H]1O)OC(=O)CCC/C=C\C/C=C\C/C=C\C/C=C\CC(O)CCC. The van der Waals surface area contributed by atoms with E-state index in [4.69, 9.17) is 29.0 Å². The molecule has 0 aliphatic carbocycles. The number of aromatic nitrogens is 2. The van der Waals surface area contributed by atoms with Gasteiger partial charge in [-0.2, -0.15) is 9.29 Å². The molecule has 21 heteroatoms. The minimum Gasteiger partial charge on any atom is -0.462 e. The van der Waals surface area contributed by atoms with E-state index in [1.165, 1.54) is 31.7 Å². The molecule has 0 bridgehead atoms. The van der Waals surface area contributed by atoms with E-state index in [9.17, 15) is 48.6 Å². The lowest BCUT2D eigenvalue weighted by Crippen LogP contribution is -2.36. The molecule has 1 aromatic rings. The monoisotopic (exact) mass is 1040 g/mol. The number of unbranched alkanes of at least 4 members (excludes halogenated alkanes) is 10. The summed E-state index contributed by atoms with van der Waals surface area (Å²) in [5.74, 6) is -1.41. The molecule has 19 nitrogen and oxygen atoms in total. The van der Waals surface area contributed by atoms with E-state index >= 15 is 0 Å². The second kappa shape index (κ2) is 37.8. The van der Waals surface area contributed by atoms with E-state index in [0.717, 1.165) is 75.0 Å². The Morgan fingerprint density at radius 3 is 1.97 bits per heavy atom. The fourth-order valence-electron chi connectivity index (χ4n) is 6.96. The molecule has 71 heavy (non-hydrogen) atoms. The van der Waals surface area contributed by atoms with Crippen LogP contribution in [0.4, 0.5) is 5.82 Å². The summed E-state index contributed by atoms with van der Waals surface area (Å²) in [6.45, 7) is 1.85. The minimum atomic E-state index is -5.45. The highest BCUT2D eigenvalue weighted by molar-refractivity contribution is 7.61. The molecule has 0 aromatic carbocycles. The van der Waals surface area contributed by atoms with Crippen molar-refractivity contribution in [1.29, 1.82) is 0 Å². The lowest BCUT2D eigenvalue weighted by molar-refractivity contribution is -0.161. The Bertz CT molecular complexity index is 1990. The highest BCUT2D eigenvalue weighted by Crippen LogP contribution is 2.60. The number of anilines is 1. The number of hydrogen-bond acceptors (Lipinski definition) is 16. The van der Waals surface area contributed by atoms with Gasteiger partial charge in [-0.25, -0.2) is 13.9 Å². The van der Waals surface area contributed by atoms with Crippen LogP contribution in [-0.4, -0.2) is 96.9 Å². The molecule has 1 saturated heterocycles. The van der Waals surface area contributed by atoms with Crippen molar-refractivity contribution in [2.45, 2.75) is 185 Å². The maximum absolute atomic E-state index is 12.8. The van der Waals surface area contributed by atoms with Gasteiger partial charge in [0.25, 0.3) is 0 Å². The quantitative estimate of drug-likeness (QED) is 0.0117. The van der Waals surface area contributed by atoms with Gasteiger partial charge in [0.2, 0.25) is 0 Å². The number of nitrogens with zero attached hydrogens (tertiary/aromatic N) is 2. The molecule has 0 radical (unpaired) electrons. The fraction of sp³-hybridized carbons (Fsp3) is 0.640. The highest BCUT2D eigenvalue weighted by Gasteiger charge is 2.46. The smallest absolute Gasteiger partial charge is 0.462 e. The molecule has 1 aliphatic heterocycles. The maximum Gasteiger partial charge on any atom is 0.481 e. The van der Waals surface area contributed by atoms with E-state index in [1.54, 1.807) is 0 Å². The summed E-state index contributed by atoms with van der Waals surface area (Å²) in [5, 5.41) is 30.7. The van der Waals surface area contributed by atoms with Gasteiger partial charge in [-0.15, -0.1) is 0 Å². The summed E-state index contributed by atoms with van der Waals surface area (Å²) >= 11 is 0. The number of phosphoric acid groups is 2. The number of aliphatic hydroxyl groups is 3. The zero-order valence-corrected chi connectivity index (χ0v) is 43.4. The first-order valence-corrected chi connectivity index (χ1v) is 28.0. The lowest BCUT2D eigenvalue weighted by atomic mass is 10.1. The topological polar surface area (TPSA) is 286 Å². The minimum absolute atomic E-state index is 0.0475. The number of allylic oxidation sites excluding steroid dienone is 11. The summed E-state index contributed by atoms with van der Waals surface area (Å²) in [7, 11) is -10.9. The molecule has 3 unspecified atom stereocenters. The number of phosphoric ester groups is 2. The predicted octanol–water partition coefficient (Wildman–Crippen LogP) is 9.08. The molecule has 0 spiro atoms. The van der Waals surface area contributed by atoms with Crippen LogP contribution >= 0.6 is 15.6 Å². The van der Waals surface area contributed by atoms with E-state index in [0.29, 0.717) is 32.1 Å². The Hall–Kier alpha value is -3.84. The van der Waals surface area contributed by atoms with Crippen LogP contribution < -0.4 is 11.4 Å². The Labute approximate surface area is 419 Å². The second-order valence-corrected chi connectivity index (χ2v) is 20.2. The average molecular weight is 1040 g/mol. The first-order valence-electron chi connectivity index (χ1n) is 25.0. The summed E-state index contributed by atoms with van der Waals surface area (Å²) in [6.07, 6.45) is 34.8. The van der Waals surface area contributed by atoms with Gasteiger partial charge in [0.05, 0.1) is 19.3 Å². The Balaban J connectivity index is 1.85. The Morgan fingerprint density at radius 1 is 0.746 bits per heavy atom. The van der Waals surface area contributed by atoms with Crippen LogP contribution in [0.5, 0.6) is 0 Å². The van der Waals surface area contributed by atoms with Gasteiger partial charge in [-0.1, -0.05) is 132 Å². The average Bonchev–Trinajstić information content (AvgIpc) is 3.60. The van der Waals surface area contributed by atoms with Gasteiger partial charge in [-0.05, 0) is 83.1 Å². The molecular weight excluding hydrogens is 961 g/mol. The molecule has 8 atom stereocenters. The van der Waals surface area contributed by atoms with Crippen molar-refractivity contribution < 1.29 is 71.4 Å². The van der Waals surface area contributed by atoms with Crippen LogP contribution in [0, 0.1) is 0 Å². The van der Waals surface area contributed by atoms with Crippen LogP contribution in [0.3, 0.4) is 0 Å². The van der Waals surface area contributed by atoms with Gasteiger partial charge < -0.3 is 45.1 Å². The molecule has 402 valence electrons. The van der Waals surface area contributed by atoms with Gasteiger partial charge in [-0.3, -0.25) is 23.2 Å². The number of nitrogen functional groups attached to an aromatic ring is 1. The normalized spacial score (nSPS) is 20.2. The fourth-order valence-corrected chi connectivity index (χ4v) is 9.07. The van der Waals surface area contributed by atoms with Crippen molar-refractivity contribution in [3.8, 4) is 0 Å². The third-order valence-corrected chi connectivity index (χ3v) is 13.4. The number of rotatable bonds is 40. The number of ether oxygens (including phenoxy) is 3. The summed E-state index contributed by atoms with van der Waals surface area (Å²) < 4.78 is 56.6.